The minimum atomic E-state index is -0.728. The third-order valence-corrected chi connectivity index (χ3v) is 8.32. The van der Waals surface area contributed by atoms with Gasteiger partial charge in [0.1, 0.15) is 0 Å². The van der Waals surface area contributed by atoms with Gasteiger partial charge in [0.15, 0.2) is 0 Å². The highest BCUT2D eigenvalue weighted by Gasteiger charge is 2.24. The number of carbonyl (C=O) groups excluding carboxylic acids is 3. The smallest absolute Gasteiger partial charge is 0.321 e. The van der Waals surface area contributed by atoms with Gasteiger partial charge in [0.05, 0.1) is 5.56 Å². The third-order valence-electron chi connectivity index (χ3n) is 8.32. The Balaban J connectivity index is 1.91. The van der Waals surface area contributed by atoms with Crippen molar-refractivity contribution in [2.75, 3.05) is 18.0 Å². The number of hydrogen-bond acceptors (Lipinski definition) is 4. The number of amides is 4. The zero-order chi connectivity index (χ0) is 30.4. The van der Waals surface area contributed by atoms with Crippen molar-refractivity contribution in [3.8, 4) is 0 Å². The molecule has 0 radical (unpaired) electrons. The minimum Gasteiger partial charge on any atom is -0.351 e. The molecule has 42 heavy (non-hydrogen) atoms. The fourth-order valence-corrected chi connectivity index (χ4v) is 5.68. The van der Waals surface area contributed by atoms with E-state index in [0.29, 0.717) is 18.5 Å². The molecule has 1 aromatic heterocycles. The molecule has 0 fully saturated rings. The summed E-state index contributed by atoms with van der Waals surface area (Å²) in [6.45, 7) is 5.15. The van der Waals surface area contributed by atoms with Gasteiger partial charge < -0.3 is 10.6 Å². The molecule has 0 bridgehead atoms. The van der Waals surface area contributed by atoms with Crippen molar-refractivity contribution in [3.63, 3.8) is 0 Å². The molecule has 1 aromatic carbocycles. The van der Waals surface area contributed by atoms with E-state index in [1.165, 1.54) is 77.0 Å². The first-order valence-corrected chi connectivity index (χ1v) is 16.3. The van der Waals surface area contributed by atoms with Gasteiger partial charge in [-0.2, -0.15) is 0 Å². The van der Waals surface area contributed by atoms with Crippen LogP contribution in [0.15, 0.2) is 54.9 Å². The zero-order valence-electron chi connectivity index (χ0n) is 26.1. The van der Waals surface area contributed by atoms with Gasteiger partial charge in [-0.1, -0.05) is 122 Å². The van der Waals surface area contributed by atoms with Crippen LogP contribution in [-0.2, 0) is 4.79 Å². The molecule has 2 aromatic rings. The summed E-state index contributed by atoms with van der Waals surface area (Å²) in [7, 11) is 0. The summed E-state index contributed by atoms with van der Waals surface area (Å²) in [5.41, 5.74) is 6.80. The van der Waals surface area contributed by atoms with Crippen molar-refractivity contribution >= 4 is 24.0 Å². The van der Waals surface area contributed by atoms with Crippen molar-refractivity contribution in [2.45, 2.75) is 110 Å². The van der Waals surface area contributed by atoms with Crippen LogP contribution in [0.25, 0.3) is 0 Å². The molecule has 2 rings (SSSR count). The van der Waals surface area contributed by atoms with Gasteiger partial charge in [-0.15, -0.1) is 0 Å². The van der Waals surface area contributed by atoms with Crippen molar-refractivity contribution in [1.82, 2.24) is 9.88 Å². The van der Waals surface area contributed by atoms with Crippen molar-refractivity contribution < 1.29 is 14.4 Å². The van der Waals surface area contributed by atoms with E-state index in [0.717, 1.165) is 29.8 Å². The van der Waals surface area contributed by atoms with Crippen LogP contribution in [0, 0.1) is 11.8 Å². The highest BCUT2D eigenvalue weighted by molar-refractivity contribution is 6.05. The summed E-state index contributed by atoms with van der Waals surface area (Å²) >= 11 is 0. The maximum atomic E-state index is 13.5. The summed E-state index contributed by atoms with van der Waals surface area (Å²) in [6.07, 6.45) is 22.5. The Hall–Kier alpha value is -3.22. The largest absolute Gasteiger partial charge is 0.351 e. The van der Waals surface area contributed by atoms with E-state index in [-0.39, 0.29) is 24.3 Å². The molecule has 4 amide bonds. The monoisotopic (exact) mass is 578 g/mol. The van der Waals surface area contributed by atoms with Crippen LogP contribution < -0.4 is 10.6 Å². The van der Waals surface area contributed by atoms with Crippen LogP contribution in [0.4, 0.5) is 10.5 Å². The number of aromatic nitrogens is 1. The molecule has 2 N–H and O–H groups in total. The molecule has 7 heteroatoms. The molecule has 2 atom stereocenters. The second-order valence-electron chi connectivity index (χ2n) is 11.7. The predicted molar refractivity (Wildman–Crippen MR) is 172 cm³/mol. The van der Waals surface area contributed by atoms with Gasteiger partial charge in [-0.3, -0.25) is 19.5 Å². The SMILES string of the molecule is CCCCCCCCCCCCCCCC(CCN(C(=O)c1cccnc1)c1ccccc1)C(C)CN(C=O)C(N)=O. The van der Waals surface area contributed by atoms with E-state index in [4.69, 9.17) is 5.73 Å². The Morgan fingerprint density at radius 2 is 1.43 bits per heavy atom. The first kappa shape index (κ1) is 35.0. The maximum absolute atomic E-state index is 13.5. The fourth-order valence-electron chi connectivity index (χ4n) is 5.68. The van der Waals surface area contributed by atoms with Crippen molar-refractivity contribution in [2.24, 2.45) is 17.6 Å². The quantitative estimate of drug-likeness (QED) is 0.106. The van der Waals surface area contributed by atoms with Gasteiger partial charge in [-0.05, 0) is 42.5 Å². The molecule has 7 nitrogen and oxygen atoms in total. The number of carbonyl (C=O) groups is 3. The molecule has 2 unspecified atom stereocenters. The molecule has 0 aliphatic heterocycles. The number of primary amides is 1. The molecule has 0 saturated heterocycles. The Bertz CT molecular complexity index is 1000. The van der Waals surface area contributed by atoms with E-state index in [2.05, 4.69) is 18.8 Å². The molecular formula is C35H54N4O3. The molecule has 0 aliphatic carbocycles. The average Bonchev–Trinajstić information content (AvgIpc) is 3.01. The van der Waals surface area contributed by atoms with E-state index in [1.807, 2.05) is 35.2 Å². The van der Waals surface area contributed by atoms with Gasteiger partial charge in [0.25, 0.3) is 5.91 Å². The Morgan fingerprint density at radius 1 is 0.833 bits per heavy atom. The number of para-hydroxylation sites is 1. The summed E-state index contributed by atoms with van der Waals surface area (Å²) in [5, 5.41) is 0. The van der Waals surface area contributed by atoms with Crippen LogP contribution in [0.2, 0.25) is 0 Å². The summed E-state index contributed by atoms with van der Waals surface area (Å²) < 4.78 is 0. The number of anilines is 1. The van der Waals surface area contributed by atoms with Crippen LogP contribution in [0.3, 0.4) is 0 Å². The average molecular weight is 579 g/mol. The normalized spacial score (nSPS) is 12.4. The highest BCUT2D eigenvalue weighted by atomic mass is 16.2. The Morgan fingerprint density at radius 3 is 1.95 bits per heavy atom. The summed E-state index contributed by atoms with van der Waals surface area (Å²) in [6, 6.07) is 12.5. The van der Waals surface area contributed by atoms with Gasteiger partial charge in [0, 0.05) is 31.2 Å². The Labute approximate surface area is 254 Å². The van der Waals surface area contributed by atoms with E-state index in [1.54, 1.807) is 24.5 Å². The summed E-state index contributed by atoms with van der Waals surface area (Å²) in [4.78, 5) is 43.7. The standard InChI is InChI=1S/C35H54N4O3/c1-3-4-5-6-7-8-9-10-11-12-13-14-16-20-31(30(2)28-38(29-40)35(36)42)24-26-39(33-22-17-15-18-23-33)34(41)32-21-19-25-37-27-32/h15,17-19,21-23,25,27,29-31H,3-14,16,20,24,26,28H2,1-2H3,(H2,36,42). The number of nitrogens with zero attached hydrogens (tertiary/aromatic N) is 3. The van der Waals surface area contributed by atoms with E-state index in [9.17, 15) is 14.4 Å². The lowest BCUT2D eigenvalue weighted by atomic mass is 9.85. The molecule has 232 valence electrons. The number of benzene rings is 1. The lowest BCUT2D eigenvalue weighted by molar-refractivity contribution is -0.116. The number of rotatable bonds is 23. The predicted octanol–water partition coefficient (Wildman–Crippen LogP) is 8.39. The number of pyridine rings is 1. The highest BCUT2D eigenvalue weighted by Crippen LogP contribution is 2.27. The van der Waals surface area contributed by atoms with Gasteiger partial charge in [0.2, 0.25) is 6.41 Å². The van der Waals surface area contributed by atoms with E-state index >= 15 is 0 Å². The lowest BCUT2D eigenvalue weighted by Gasteiger charge is -2.30. The van der Waals surface area contributed by atoms with Crippen LogP contribution in [-0.4, -0.2) is 41.3 Å². The molecular weight excluding hydrogens is 524 g/mol. The molecule has 0 saturated carbocycles. The molecule has 1 heterocycles. The van der Waals surface area contributed by atoms with Crippen molar-refractivity contribution in [1.29, 1.82) is 0 Å². The molecule has 0 aliphatic rings. The topological polar surface area (TPSA) is 96.6 Å². The van der Waals surface area contributed by atoms with Crippen LogP contribution in [0.5, 0.6) is 0 Å². The lowest BCUT2D eigenvalue weighted by Crippen LogP contribution is -2.40. The third kappa shape index (κ3) is 13.6. The zero-order valence-corrected chi connectivity index (χ0v) is 26.1. The van der Waals surface area contributed by atoms with Crippen LogP contribution >= 0.6 is 0 Å². The molecule has 0 spiro atoms. The second kappa shape index (κ2) is 21.5. The second-order valence-corrected chi connectivity index (χ2v) is 11.7. The first-order valence-electron chi connectivity index (χ1n) is 16.3. The van der Waals surface area contributed by atoms with Gasteiger partial charge in [-0.25, -0.2) is 4.79 Å². The summed E-state index contributed by atoms with van der Waals surface area (Å²) in [5.74, 6) is 0.201. The Kier molecular flexibility index (Phi) is 17.9. The number of hydrogen-bond donors (Lipinski definition) is 1. The van der Waals surface area contributed by atoms with Gasteiger partial charge >= 0.3 is 6.03 Å². The van der Waals surface area contributed by atoms with Crippen molar-refractivity contribution in [3.05, 3.63) is 60.4 Å². The fraction of sp³-hybridized carbons (Fsp3) is 0.600. The maximum Gasteiger partial charge on any atom is 0.321 e. The minimum absolute atomic E-state index is 0.0612. The number of nitrogens with two attached hydrogens (primary N) is 1. The van der Waals surface area contributed by atoms with Crippen LogP contribution in [0.1, 0.15) is 121 Å². The first-order chi connectivity index (χ1) is 20.5. The number of imide groups is 1. The van der Waals surface area contributed by atoms with E-state index < -0.39 is 6.03 Å². The number of unbranched alkanes of at least 4 members (excludes halogenated alkanes) is 12. The number of urea groups is 1.